The van der Waals surface area contributed by atoms with E-state index < -0.39 is 11.3 Å². The maximum Gasteiger partial charge on any atom is 0.269 e. The first kappa shape index (κ1) is 15.7. The quantitative estimate of drug-likeness (QED) is 0.654. The molecule has 0 aliphatic rings. The summed E-state index contributed by atoms with van der Waals surface area (Å²) in [4.78, 5) is 26.9. The Morgan fingerprint density at radius 3 is 2.65 bits per heavy atom. The van der Waals surface area contributed by atoms with E-state index in [9.17, 15) is 9.59 Å². The number of primary amides is 1. The van der Waals surface area contributed by atoms with Gasteiger partial charge >= 0.3 is 0 Å². The highest BCUT2D eigenvalue weighted by Gasteiger charge is 2.25. The molecule has 4 N–H and O–H groups in total. The molecule has 0 atom stereocenters. The van der Waals surface area contributed by atoms with Crippen molar-refractivity contribution in [3.63, 3.8) is 0 Å². The zero-order chi connectivity index (χ0) is 15.2. The van der Waals surface area contributed by atoms with Crippen LogP contribution in [0.15, 0.2) is 18.3 Å². The van der Waals surface area contributed by atoms with E-state index >= 15 is 0 Å². The fourth-order valence-electron chi connectivity index (χ4n) is 1.22. The van der Waals surface area contributed by atoms with Crippen LogP contribution in [0.25, 0.3) is 0 Å². The number of rotatable bonds is 4. The van der Waals surface area contributed by atoms with E-state index in [2.05, 4.69) is 22.1 Å². The summed E-state index contributed by atoms with van der Waals surface area (Å²) in [6.45, 7) is 3.20. The Labute approximate surface area is 117 Å². The molecule has 0 radical (unpaired) electrons. The summed E-state index contributed by atoms with van der Waals surface area (Å²) < 4.78 is 0. The number of hydrogen-bond donors (Lipinski definition) is 3. The van der Waals surface area contributed by atoms with Gasteiger partial charge in [0, 0.05) is 18.3 Å². The highest BCUT2D eigenvalue weighted by atomic mass is 16.2. The van der Waals surface area contributed by atoms with E-state index in [1.165, 1.54) is 12.3 Å². The van der Waals surface area contributed by atoms with Crippen LogP contribution in [0.2, 0.25) is 0 Å². The van der Waals surface area contributed by atoms with E-state index in [0.717, 1.165) is 0 Å². The molecule has 0 fully saturated rings. The van der Waals surface area contributed by atoms with Gasteiger partial charge in [-0.3, -0.25) is 9.59 Å². The molecule has 6 nitrogen and oxygen atoms in total. The Hall–Kier alpha value is -2.39. The number of amides is 2. The third-order valence-corrected chi connectivity index (χ3v) is 2.67. The average Bonchev–Trinajstić information content (AvgIpc) is 2.43. The van der Waals surface area contributed by atoms with Gasteiger partial charge in [0.25, 0.3) is 5.91 Å². The molecule has 20 heavy (non-hydrogen) atoms. The Morgan fingerprint density at radius 2 is 2.15 bits per heavy atom. The predicted molar refractivity (Wildman–Crippen MR) is 73.5 cm³/mol. The van der Waals surface area contributed by atoms with Gasteiger partial charge in [-0.05, 0) is 26.0 Å². The molecule has 0 aliphatic carbocycles. The summed E-state index contributed by atoms with van der Waals surface area (Å²) in [5.74, 6) is 4.29. The minimum absolute atomic E-state index is 0.134. The van der Waals surface area contributed by atoms with E-state index in [4.69, 9.17) is 10.8 Å². The van der Waals surface area contributed by atoms with Gasteiger partial charge in [0.05, 0.1) is 5.41 Å². The second-order valence-electron chi connectivity index (χ2n) is 4.82. The monoisotopic (exact) mass is 275 g/mol. The number of hydrogen-bond acceptors (Lipinski definition) is 4. The van der Waals surface area contributed by atoms with Crippen LogP contribution in [0.1, 0.15) is 29.9 Å². The van der Waals surface area contributed by atoms with Gasteiger partial charge in [0.2, 0.25) is 5.91 Å². The normalized spacial score (nSPS) is 10.3. The second kappa shape index (κ2) is 6.68. The van der Waals surface area contributed by atoms with Crippen molar-refractivity contribution in [3.8, 4) is 11.8 Å². The van der Waals surface area contributed by atoms with Crippen LogP contribution in [0.5, 0.6) is 0 Å². The lowest BCUT2D eigenvalue weighted by atomic mass is 9.93. The van der Waals surface area contributed by atoms with Gasteiger partial charge in [0.1, 0.15) is 12.3 Å². The van der Waals surface area contributed by atoms with Crippen LogP contribution in [0.4, 0.5) is 0 Å². The van der Waals surface area contributed by atoms with Crippen molar-refractivity contribution in [3.05, 3.63) is 29.6 Å². The number of nitrogens with one attached hydrogen (secondary N) is 1. The standard InChI is InChI=1S/C14H17N3O3/c1-14(2,13(15)20)9-17-12(19)11-6-5-10(8-16-11)4-3-7-18/h5-6,8,18H,7,9H2,1-2H3,(H2,15,20)(H,17,19). The van der Waals surface area contributed by atoms with Crippen molar-refractivity contribution in [1.82, 2.24) is 10.3 Å². The van der Waals surface area contributed by atoms with E-state index in [-0.39, 0.29) is 24.8 Å². The molecule has 0 spiro atoms. The Kier molecular flexibility index (Phi) is 5.23. The molecular formula is C14H17N3O3. The Bertz CT molecular complexity index is 553. The lowest BCUT2D eigenvalue weighted by Crippen LogP contribution is -2.42. The molecule has 6 heteroatoms. The summed E-state index contributed by atoms with van der Waals surface area (Å²) in [6.07, 6.45) is 1.44. The van der Waals surface area contributed by atoms with Crippen LogP contribution in [-0.4, -0.2) is 35.1 Å². The van der Waals surface area contributed by atoms with Crippen molar-refractivity contribution in [2.24, 2.45) is 11.1 Å². The van der Waals surface area contributed by atoms with E-state index in [1.807, 2.05) is 0 Å². The lowest BCUT2D eigenvalue weighted by Gasteiger charge is -2.20. The Balaban J connectivity index is 2.67. The minimum atomic E-state index is -0.817. The minimum Gasteiger partial charge on any atom is -0.384 e. The summed E-state index contributed by atoms with van der Waals surface area (Å²) in [5.41, 5.74) is 5.23. The topological polar surface area (TPSA) is 105 Å². The summed E-state index contributed by atoms with van der Waals surface area (Å²) in [6, 6.07) is 3.15. The highest BCUT2D eigenvalue weighted by molar-refractivity contribution is 5.92. The smallest absolute Gasteiger partial charge is 0.269 e. The largest absolute Gasteiger partial charge is 0.384 e. The molecular weight excluding hydrogens is 258 g/mol. The number of carbonyl (C=O) groups is 2. The zero-order valence-corrected chi connectivity index (χ0v) is 11.4. The first-order valence-electron chi connectivity index (χ1n) is 6.00. The van der Waals surface area contributed by atoms with Crippen LogP contribution in [-0.2, 0) is 4.79 Å². The third-order valence-electron chi connectivity index (χ3n) is 2.67. The SMILES string of the molecule is CC(C)(CNC(=O)c1ccc(C#CCO)cn1)C(N)=O. The predicted octanol–water partition coefficient (Wildman–Crippen LogP) is -0.333. The summed E-state index contributed by atoms with van der Waals surface area (Å²) in [7, 11) is 0. The first-order chi connectivity index (χ1) is 9.36. The average molecular weight is 275 g/mol. The maximum absolute atomic E-state index is 11.8. The molecule has 2 amide bonds. The molecule has 1 rings (SSSR count). The fraction of sp³-hybridized carbons (Fsp3) is 0.357. The third kappa shape index (κ3) is 4.37. The molecule has 0 aromatic carbocycles. The molecule has 0 bridgehead atoms. The molecule has 106 valence electrons. The number of aliphatic hydroxyl groups is 1. The van der Waals surface area contributed by atoms with E-state index in [1.54, 1.807) is 19.9 Å². The van der Waals surface area contributed by atoms with Gasteiger partial charge in [0.15, 0.2) is 0 Å². The number of nitrogens with zero attached hydrogens (tertiary/aromatic N) is 1. The molecule has 1 heterocycles. The number of aromatic nitrogens is 1. The number of carbonyl (C=O) groups excluding carboxylic acids is 2. The number of nitrogens with two attached hydrogens (primary N) is 1. The number of aliphatic hydroxyl groups excluding tert-OH is 1. The molecule has 0 saturated carbocycles. The summed E-state index contributed by atoms with van der Waals surface area (Å²) >= 11 is 0. The summed E-state index contributed by atoms with van der Waals surface area (Å²) in [5, 5.41) is 11.2. The van der Waals surface area contributed by atoms with Crippen molar-refractivity contribution in [1.29, 1.82) is 0 Å². The molecule has 1 aromatic rings. The molecule has 1 aromatic heterocycles. The number of pyridine rings is 1. The molecule has 0 saturated heterocycles. The van der Waals surface area contributed by atoms with Crippen molar-refractivity contribution < 1.29 is 14.7 Å². The fourth-order valence-corrected chi connectivity index (χ4v) is 1.22. The van der Waals surface area contributed by atoms with Crippen LogP contribution >= 0.6 is 0 Å². The van der Waals surface area contributed by atoms with Gasteiger partial charge in [-0.1, -0.05) is 11.8 Å². The second-order valence-corrected chi connectivity index (χ2v) is 4.82. The van der Waals surface area contributed by atoms with Crippen molar-refractivity contribution in [2.75, 3.05) is 13.2 Å². The van der Waals surface area contributed by atoms with Gasteiger partial charge in [-0.15, -0.1) is 0 Å². The van der Waals surface area contributed by atoms with Gasteiger partial charge in [-0.25, -0.2) is 4.98 Å². The Morgan fingerprint density at radius 1 is 1.45 bits per heavy atom. The first-order valence-corrected chi connectivity index (χ1v) is 6.00. The van der Waals surface area contributed by atoms with Gasteiger partial charge in [-0.2, -0.15) is 0 Å². The zero-order valence-electron chi connectivity index (χ0n) is 11.4. The van der Waals surface area contributed by atoms with Gasteiger partial charge < -0.3 is 16.2 Å². The van der Waals surface area contributed by atoms with E-state index in [0.29, 0.717) is 5.56 Å². The maximum atomic E-state index is 11.8. The van der Waals surface area contributed by atoms with Crippen LogP contribution in [0.3, 0.4) is 0 Å². The van der Waals surface area contributed by atoms with Crippen molar-refractivity contribution in [2.45, 2.75) is 13.8 Å². The highest BCUT2D eigenvalue weighted by Crippen LogP contribution is 2.12. The molecule has 0 unspecified atom stereocenters. The van der Waals surface area contributed by atoms with Crippen LogP contribution in [0, 0.1) is 17.3 Å². The van der Waals surface area contributed by atoms with Crippen molar-refractivity contribution >= 4 is 11.8 Å². The lowest BCUT2D eigenvalue weighted by molar-refractivity contribution is -0.125. The molecule has 0 aliphatic heterocycles. The van der Waals surface area contributed by atoms with Crippen LogP contribution < -0.4 is 11.1 Å².